The lowest BCUT2D eigenvalue weighted by Gasteiger charge is -2.20. The number of aliphatic hydroxyl groups is 1. The number of aliphatic hydroxyl groups excluding tert-OH is 1. The van der Waals surface area contributed by atoms with E-state index in [1.807, 2.05) is 0 Å². The van der Waals surface area contributed by atoms with Gasteiger partial charge in [-0.15, -0.1) is 0 Å². The van der Waals surface area contributed by atoms with Crippen LogP contribution in [0.15, 0.2) is 24.3 Å². The standard InChI is InChI=1S/C17H29NO2/c1-14(18-10-5-12-20-13-11-19)15-6-8-16(9-7-15)17(2,3)4/h6-9,14,18-19H,5,10-13H2,1-4H3. The molecule has 0 amide bonds. The number of rotatable bonds is 8. The number of benzene rings is 1. The minimum Gasteiger partial charge on any atom is -0.394 e. The van der Waals surface area contributed by atoms with Gasteiger partial charge in [-0.25, -0.2) is 0 Å². The fraction of sp³-hybridized carbons (Fsp3) is 0.647. The summed E-state index contributed by atoms with van der Waals surface area (Å²) in [5, 5.41) is 12.1. The molecule has 0 radical (unpaired) electrons. The summed E-state index contributed by atoms with van der Waals surface area (Å²) in [4.78, 5) is 0. The normalized spacial score (nSPS) is 13.4. The van der Waals surface area contributed by atoms with Crippen molar-refractivity contribution in [1.82, 2.24) is 5.32 Å². The van der Waals surface area contributed by atoms with E-state index in [0.717, 1.165) is 13.0 Å². The number of ether oxygens (including phenoxy) is 1. The molecule has 0 saturated carbocycles. The second kappa shape index (κ2) is 8.40. The third-order valence-corrected chi connectivity index (χ3v) is 3.43. The maximum absolute atomic E-state index is 8.60. The van der Waals surface area contributed by atoms with Crippen molar-refractivity contribution in [2.24, 2.45) is 0 Å². The molecule has 0 bridgehead atoms. The van der Waals surface area contributed by atoms with Gasteiger partial charge in [0.25, 0.3) is 0 Å². The Morgan fingerprint density at radius 3 is 2.35 bits per heavy atom. The Morgan fingerprint density at radius 1 is 1.15 bits per heavy atom. The molecule has 0 spiro atoms. The Kier molecular flexibility index (Phi) is 7.20. The van der Waals surface area contributed by atoms with E-state index < -0.39 is 0 Å². The second-order valence-electron chi connectivity index (χ2n) is 6.24. The first-order valence-electron chi connectivity index (χ1n) is 7.47. The summed E-state index contributed by atoms with van der Waals surface area (Å²) in [7, 11) is 0. The van der Waals surface area contributed by atoms with E-state index in [0.29, 0.717) is 19.3 Å². The highest BCUT2D eigenvalue weighted by Crippen LogP contribution is 2.23. The smallest absolute Gasteiger partial charge is 0.0697 e. The Morgan fingerprint density at radius 2 is 1.80 bits per heavy atom. The van der Waals surface area contributed by atoms with E-state index >= 15 is 0 Å². The van der Waals surface area contributed by atoms with Crippen LogP contribution in [0.4, 0.5) is 0 Å². The highest BCUT2D eigenvalue weighted by Gasteiger charge is 2.13. The highest BCUT2D eigenvalue weighted by atomic mass is 16.5. The van der Waals surface area contributed by atoms with Crippen molar-refractivity contribution in [2.45, 2.75) is 45.6 Å². The summed E-state index contributed by atoms with van der Waals surface area (Å²) in [6.07, 6.45) is 0.963. The Labute approximate surface area is 123 Å². The van der Waals surface area contributed by atoms with E-state index in [9.17, 15) is 0 Å². The molecule has 20 heavy (non-hydrogen) atoms. The van der Waals surface area contributed by atoms with Crippen LogP contribution in [0.25, 0.3) is 0 Å². The molecule has 1 atom stereocenters. The summed E-state index contributed by atoms with van der Waals surface area (Å²) in [6, 6.07) is 9.21. The molecule has 3 heteroatoms. The van der Waals surface area contributed by atoms with E-state index in [1.54, 1.807) is 0 Å². The summed E-state index contributed by atoms with van der Waals surface area (Å²) in [5.74, 6) is 0. The molecule has 0 saturated heterocycles. The van der Waals surface area contributed by atoms with Crippen molar-refractivity contribution >= 4 is 0 Å². The molecule has 0 aliphatic rings. The molecule has 1 unspecified atom stereocenters. The SMILES string of the molecule is CC(NCCCOCCO)c1ccc(C(C)(C)C)cc1. The summed E-state index contributed by atoms with van der Waals surface area (Å²) in [5.41, 5.74) is 2.89. The van der Waals surface area contributed by atoms with Crippen molar-refractivity contribution in [1.29, 1.82) is 0 Å². The fourth-order valence-electron chi connectivity index (χ4n) is 2.05. The number of nitrogens with one attached hydrogen (secondary N) is 1. The van der Waals surface area contributed by atoms with Crippen LogP contribution in [0.2, 0.25) is 0 Å². The number of hydrogen-bond acceptors (Lipinski definition) is 3. The van der Waals surface area contributed by atoms with E-state index in [-0.39, 0.29) is 12.0 Å². The van der Waals surface area contributed by atoms with Crippen LogP contribution in [-0.2, 0) is 10.2 Å². The Bertz CT molecular complexity index is 368. The van der Waals surface area contributed by atoms with E-state index in [1.165, 1.54) is 11.1 Å². The van der Waals surface area contributed by atoms with Gasteiger partial charge in [0.2, 0.25) is 0 Å². The third kappa shape index (κ3) is 6.04. The van der Waals surface area contributed by atoms with Gasteiger partial charge in [0.1, 0.15) is 0 Å². The van der Waals surface area contributed by atoms with Crippen molar-refractivity contribution in [3.8, 4) is 0 Å². The first kappa shape index (κ1) is 17.2. The van der Waals surface area contributed by atoms with Crippen LogP contribution < -0.4 is 5.32 Å². The van der Waals surface area contributed by atoms with E-state index in [2.05, 4.69) is 57.3 Å². The Hall–Kier alpha value is -0.900. The maximum atomic E-state index is 8.60. The first-order valence-corrected chi connectivity index (χ1v) is 7.47. The summed E-state index contributed by atoms with van der Waals surface area (Å²) in [6.45, 7) is 11.0. The molecule has 114 valence electrons. The second-order valence-corrected chi connectivity index (χ2v) is 6.24. The van der Waals surface area contributed by atoms with Crippen molar-refractivity contribution < 1.29 is 9.84 Å². The van der Waals surface area contributed by atoms with Gasteiger partial charge >= 0.3 is 0 Å². The van der Waals surface area contributed by atoms with Crippen LogP contribution >= 0.6 is 0 Å². The monoisotopic (exact) mass is 279 g/mol. The molecule has 3 nitrogen and oxygen atoms in total. The third-order valence-electron chi connectivity index (χ3n) is 3.43. The zero-order valence-electron chi connectivity index (χ0n) is 13.3. The lowest BCUT2D eigenvalue weighted by Crippen LogP contribution is -2.21. The molecule has 1 aromatic rings. The molecule has 1 rings (SSSR count). The largest absolute Gasteiger partial charge is 0.394 e. The Balaban J connectivity index is 2.34. The predicted octanol–water partition coefficient (Wildman–Crippen LogP) is 3.03. The van der Waals surface area contributed by atoms with Gasteiger partial charge in [-0.3, -0.25) is 0 Å². The topological polar surface area (TPSA) is 41.5 Å². The van der Waals surface area contributed by atoms with Gasteiger partial charge < -0.3 is 15.2 Å². The molecule has 0 heterocycles. The first-order chi connectivity index (χ1) is 9.45. The summed E-state index contributed by atoms with van der Waals surface area (Å²) >= 11 is 0. The average molecular weight is 279 g/mol. The van der Waals surface area contributed by atoms with Gasteiger partial charge in [-0.1, -0.05) is 45.0 Å². The zero-order chi connectivity index (χ0) is 15.0. The molecule has 2 N–H and O–H groups in total. The van der Waals surface area contributed by atoms with E-state index in [4.69, 9.17) is 9.84 Å². The molecule has 0 aromatic heterocycles. The van der Waals surface area contributed by atoms with Gasteiger partial charge in [0.15, 0.2) is 0 Å². The fourth-order valence-corrected chi connectivity index (χ4v) is 2.05. The maximum Gasteiger partial charge on any atom is 0.0697 e. The molecule has 0 aliphatic heterocycles. The minimum atomic E-state index is 0.101. The zero-order valence-corrected chi connectivity index (χ0v) is 13.3. The average Bonchev–Trinajstić information content (AvgIpc) is 2.41. The molecular weight excluding hydrogens is 250 g/mol. The quantitative estimate of drug-likeness (QED) is 0.719. The lowest BCUT2D eigenvalue weighted by molar-refractivity contribution is 0.0904. The minimum absolute atomic E-state index is 0.101. The molecule has 0 fully saturated rings. The van der Waals surface area contributed by atoms with Crippen LogP contribution in [-0.4, -0.2) is 31.5 Å². The van der Waals surface area contributed by atoms with Crippen LogP contribution in [0.3, 0.4) is 0 Å². The van der Waals surface area contributed by atoms with Crippen molar-refractivity contribution in [3.05, 3.63) is 35.4 Å². The van der Waals surface area contributed by atoms with Crippen molar-refractivity contribution in [2.75, 3.05) is 26.4 Å². The van der Waals surface area contributed by atoms with Gasteiger partial charge in [0, 0.05) is 12.6 Å². The highest BCUT2D eigenvalue weighted by molar-refractivity contribution is 5.28. The van der Waals surface area contributed by atoms with Crippen LogP contribution in [0.5, 0.6) is 0 Å². The van der Waals surface area contributed by atoms with Crippen molar-refractivity contribution in [3.63, 3.8) is 0 Å². The molecular formula is C17H29NO2. The summed E-state index contributed by atoms with van der Waals surface area (Å²) < 4.78 is 5.23. The van der Waals surface area contributed by atoms with Gasteiger partial charge in [-0.05, 0) is 36.4 Å². The predicted molar refractivity (Wildman–Crippen MR) is 84.1 cm³/mol. The van der Waals surface area contributed by atoms with Crippen LogP contribution in [0, 0.1) is 0 Å². The molecule has 1 aromatic carbocycles. The van der Waals surface area contributed by atoms with Crippen LogP contribution in [0.1, 0.15) is 51.3 Å². The lowest BCUT2D eigenvalue weighted by atomic mass is 9.86. The molecule has 0 aliphatic carbocycles. The number of hydrogen-bond donors (Lipinski definition) is 2. The van der Waals surface area contributed by atoms with Gasteiger partial charge in [-0.2, -0.15) is 0 Å². The van der Waals surface area contributed by atoms with Gasteiger partial charge in [0.05, 0.1) is 13.2 Å².